The molecular formula is C25H33FN2. The highest BCUT2D eigenvalue weighted by molar-refractivity contribution is 5.36. The van der Waals surface area contributed by atoms with Gasteiger partial charge in [0, 0.05) is 24.2 Å². The van der Waals surface area contributed by atoms with Crippen molar-refractivity contribution in [3.05, 3.63) is 76.8 Å². The third kappa shape index (κ3) is 4.63. The van der Waals surface area contributed by atoms with E-state index >= 15 is 0 Å². The number of halogens is 1. The molecule has 150 valence electrons. The van der Waals surface area contributed by atoms with Gasteiger partial charge in [0.05, 0.1) is 18.4 Å². The molecule has 2 nitrogen and oxygen atoms in total. The van der Waals surface area contributed by atoms with Crippen LogP contribution >= 0.6 is 0 Å². The highest BCUT2D eigenvalue weighted by Crippen LogP contribution is 2.57. The Morgan fingerprint density at radius 3 is 2.68 bits per heavy atom. The highest BCUT2D eigenvalue weighted by atomic mass is 19.1. The van der Waals surface area contributed by atoms with Gasteiger partial charge in [-0.25, -0.2) is 0 Å². The predicted molar refractivity (Wildman–Crippen MR) is 115 cm³/mol. The Morgan fingerprint density at radius 2 is 2.04 bits per heavy atom. The number of benzene rings is 1. The maximum absolute atomic E-state index is 12.5. The molecule has 1 N–H and O–H groups in total. The Kier molecular flexibility index (Phi) is 6.88. The Bertz CT molecular complexity index is 796. The minimum absolute atomic E-state index is 0.132. The molecule has 0 bridgehead atoms. The largest absolute Gasteiger partial charge is 0.380 e. The van der Waals surface area contributed by atoms with Crippen molar-refractivity contribution in [3.8, 4) is 0 Å². The average molecular weight is 381 g/mol. The lowest BCUT2D eigenvalue weighted by Crippen LogP contribution is -2.21. The lowest BCUT2D eigenvalue weighted by atomic mass is 10.0. The van der Waals surface area contributed by atoms with Crippen LogP contribution in [0.4, 0.5) is 4.39 Å². The van der Waals surface area contributed by atoms with Gasteiger partial charge < -0.3 is 5.32 Å². The third-order valence-corrected chi connectivity index (χ3v) is 5.96. The van der Waals surface area contributed by atoms with Crippen LogP contribution in [0.15, 0.2) is 54.4 Å². The van der Waals surface area contributed by atoms with E-state index in [0.717, 1.165) is 24.1 Å². The van der Waals surface area contributed by atoms with Crippen LogP contribution in [0.2, 0.25) is 0 Å². The van der Waals surface area contributed by atoms with Crippen LogP contribution < -0.4 is 5.32 Å². The van der Waals surface area contributed by atoms with Crippen LogP contribution in [-0.2, 0) is 12.8 Å². The minimum atomic E-state index is -0.335. The number of aromatic nitrogens is 1. The monoisotopic (exact) mass is 380 g/mol. The molecular weight excluding hydrogens is 347 g/mol. The predicted octanol–water partition coefficient (Wildman–Crippen LogP) is 6.15. The van der Waals surface area contributed by atoms with E-state index < -0.39 is 0 Å². The second-order valence-electron chi connectivity index (χ2n) is 7.97. The van der Waals surface area contributed by atoms with Crippen molar-refractivity contribution in [1.82, 2.24) is 10.3 Å². The van der Waals surface area contributed by atoms with Crippen LogP contribution in [0.1, 0.15) is 68.5 Å². The smallest absolute Gasteiger partial charge is 0.0935 e. The maximum atomic E-state index is 12.5. The van der Waals surface area contributed by atoms with E-state index in [-0.39, 0.29) is 12.7 Å². The summed E-state index contributed by atoms with van der Waals surface area (Å²) >= 11 is 0. The number of aryl methyl sites for hydroxylation is 2. The molecule has 1 aliphatic rings. The van der Waals surface area contributed by atoms with Gasteiger partial charge >= 0.3 is 0 Å². The Labute approximate surface area is 169 Å². The molecule has 2 aromatic rings. The fraction of sp³-hybridized carbons (Fsp3) is 0.480. The third-order valence-electron chi connectivity index (χ3n) is 5.96. The zero-order chi connectivity index (χ0) is 20.1. The standard InChI is InChI=1S/C25H33FN2/c1-5-8-23(28-18(4)22-12-11-20(13-14-26)16-27-22)25-17(3)24(25)21-10-7-9-19(6-2)15-21/h7-12,15-18,24-25,28H,5-6,13-14H2,1-4H3/b23-8-. The number of pyridine rings is 1. The molecule has 4 unspecified atom stereocenters. The van der Waals surface area contributed by atoms with Gasteiger partial charge in [-0.05, 0) is 54.4 Å². The van der Waals surface area contributed by atoms with Crippen molar-refractivity contribution in [2.24, 2.45) is 11.8 Å². The van der Waals surface area contributed by atoms with E-state index in [2.05, 4.69) is 68.3 Å². The summed E-state index contributed by atoms with van der Waals surface area (Å²) in [4.78, 5) is 4.55. The van der Waals surface area contributed by atoms with Gasteiger partial charge in [0.25, 0.3) is 0 Å². The summed E-state index contributed by atoms with van der Waals surface area (Å²) in [6.45, 7) is 8.58. The van der Waals surface area contributed by atoms with Crippen molar-refractivity contribution >= 4 is 0 Å². The van der Waals surface area contributed by atoms with E-state index in [1.165, 1.54) is 16.8 Å². The van der Waals surface area contributed by atoms with Crippen LogP contribution in [0.3, 0.4) is 0 Å². The van der Waals surface area contributed by atoms with Gasteiger partial charge in [-0.3, -0.25) is 9.37 Å². The number of nitrogens with one attached hydrogen (secondary N) is 1. The summed E-state index contributed by atoms with van der Waals surface area (Å²) in [5.41, 5.74) is 6.17. The van der Waals surface area contributed by atoms with Crippen LogP contribution in [0.25, 0.3) is 0 Å². The van der Waals surface area contributed by atoms with Crippen LogP contribution in [0.5, 0.6) is 0 Å². The van der Waals surface area contributed by atoms with Gasteiger partial charge in [0.2, 0.25) is 0 Å². The lowest BCUT2D eigenvalue weighted by molar-refractivity contribution is 0.494. The van der Waals surface area contributed by atoms with Gasteiger partial charge in [0.1, 0.15) is 0 Å². The SMILES string of the molecule is CC/C=C(\NC(C)c1ccc(CCF)cn1)C1C(C)C1c1cccc(CC)c1. The Balaban J connectivity index is 1.72. The van der Waals surface area contributed by atoms with Crippen molar-refractivity contribution in [2.75, 3.05) is 6.67 Å². The van der Waals surface area contributed by atoms with Crippen molar-refractivity contribution < 1.29 is 4.39 Å². The number of nitrogens with zero attached hydrogens (tertiary/aromatic N) is 1. The molecule has 1 aromatic heterocycles. The maximum Gasteiger partial charge on any atom is 0.0935 e. The van der Waals surface area contributed by atoms with Gasteiger partial charge in [-0.2, -0.15) is 0 Å². The minimum Gasteiger partial charge on any atom is -0.380 e. The summed E-state index contributed by atoms with van der Waals surface area (Å²) in [5.74, 6) is 1.77. The second kappa shape index (κ2) is 9.36. The van der Waals surface area contributed by atoms with Crippen LogP contribution in [0, 0.1) is 11.8 Å². The number of hydrogen-bond donors (Lipinski definition) is 1. The molecule has 1 heterocycles. The molecule has 0 radical (unpaired) electrons. The van der Waals surface area contributed by atoms with Crippen molar-refractivity contribution in [3.63, 3.8) is 0 Å². The quantitative estimate of drug-likeness (QED) is 0.564. The molecule has 4 atom stereocenters. The first kappa shape index (κ1) is 20.6. The zero-order valence-corrected chi connectivity index (χ0v) is 17.6. The van der Waals surface area contributed by atoms with Crippen LogP contribution in [-0.4, -0.2) is 11.7 Å². The summed E-state index contributed by atoms with van der Waals surface area (Å²) in [7, 11) is 0. The normalized spacial score (nSPS) is 22.8. The first-order valence-corrected chi connectivity index (χ1v) is 10.6. The lowest BCUT2D eigenvalue weighted by Gasteiger charge is -2.19. The Hall–Kier alpha value is -2.16. The van der Waals surface area contributed by atoms with Crippen molar-refractivity contribution in [2.45, 2.75) is 58.9 Å². The van der Waals surface area contributed by atoms with Gasteiger partial charge in [-0.15, -0.1) is 0 Å². The molecule has 1 aromatic carbocycles. The molecule has 0 amide bonds. The van der Waals surface area contributed by atoms with Gasteiger partial charge in [-0.1, -0.05) is 57.2 Å². The first-order chi connectivity index (χ1) is 13.6. The fourth-order valence-electron chi connectivity index (χ4n) is 4.25. The zero-order valence-electron chi connectivity index (χ0n) is 17.6. The number of hydrogen-bond acceptors (Lipinski definition) is 2. The summed E-state index contributed by atoms with van der Waals surface area (Å²) in [6.07, 6.45) is 6.67. The van der Waals surface area contributed by atoms with E-state index in [4.69, 9.17) is 0 Å². The topological polar surface area (TPSA) is 24.9 Å². The number of rotatable bonds is 9. The molecule has 3 rings (SSSR count). The van der Waals surface area contributed by atoms with Gasteiger partial charge in [0.15, 0.2) is 0 Å². The summed E-state index contributed by atoms with van der Waals surface area (Å²) in [6, 6.07) is 13.2. The first-order valence-electron chi connectivity index (χ1n) is 10.6. The molecule has 28 heavy (non-hydrogen) atoms. The molecule has 1 aliphatic carbocycles. The summed E-state index contributed by atoms with van der Waals surface area (Å²) < 4.78 is 12.5. The molecule has 1 fully saturated rings. The second-order valence-corrected chi connectivity index (χ2v) is 7.97. The Morgan fingerprint density at radius 1 is 1.21 bits per heavy atom. The van der Waals surface area contributed by atoms with E-state index in [1.54, 1.807) is 6.20 Å². The fourth-order valence-corrected chi connectivity index (χ4v) is 4.25. The van der Waals surface area contributed by atoms with E-state index in [0.29, 0.717) is 24.2 Å². The molecule has 3 heteroatoms. The highest BCUT2D eigenvalue weighted by Gasteiger charge is 2.49. The number of allylic oxidation sites excluding steroid dienone is 2. The number of alkyl halides is 1. The molecule has 1 saturated carbocycles. The molecule has 0 saturated heterocycles. The molecule has 0 spiro atoms. The van der Waals surface area contributed by atoms with Crippen molar-refractivity contribution in [1.29, 1.82) is 0 Å². The average Bonchev–Trinajstić information content (AvgIpc) is 3.39. The van der Waals surface area contributed by atoms with E-state index in [9.17, 15) is 4.39 Å². The van der Waals surface area contributed by atoms with E-state index in [1.807, 2.05) is 12.1 Å². The summed E-state index contributed by atoms with van der Waals surface area (Å²) in [5, 5.41) is 3.73. The molecule has 0 aliphatic heterocycles.